The summed E-state index contributed by atoms with van der Waals surface area (Å²) in [4.78, 5) is 12.0. The van der Waals surface area contributed by atoms with Crippen molar-refractivity contribution in [2.24, 2.45) is 0 Å². The molecule has 0 aromatic heterocycles. The van der Waals surface area contributed by atoms with Gasteiger partial charge in [-0.25, -0.2) is 4.79 Å². The summed E-state index contributed by atoms with van der Waals surface area (Å²) in [5.74, 6) is 0. The van der Waals surface area contributed by atoms with Gasteiger partial charge in [-0.15, -0.1) is 0 Å². The van der Waals surface area contributed by atoms with Crippen molar-refractivity contribution in [1.29, 1.82) is 0 Å². The minimum Gasteiger partial charge on any atom is -0.444 e. The second-order valence-electron chi connectivity index (χ2n) is 6.68. The van der Waals surface area contributed by atoms with E-state index in [0.29, 0.717) is 0 Å². The molecule has 1 fully saturated rings. The Bertz CT molecular complexity index is 494. The summed E-state index contributed by atoms with van der Waals surface area (Å²) in [6, 6.07) is 8.53. The molecule has 4 heteroatoms. The molecule has 0 spiro atoms. The highest BCUT2D eigenvalue weighted by atomic mass is 16.6. The fourth-order valence-corrected chi connectivity index (χ4v) is 2.77. The second kappa shape index (κ2) is 6.48. The predicted molar refractivity (Wildman–Crippen MR) is 84.3 cm³/mol. The molecule has 1 heterocycles. The van der Waals surface area contributed by atoms with Gasteiger partial charge in [0.1, 0.15) is 5.60 Å². The second-order valence-corrected chi connectivity index (χ2v) is 6.68. The van der Waals surface area contributed by atoms with Gasteiger partial charge >= 0.3 is 6.09 Å². The quantitative estimate of drug-likeness (QED) is 0.878. The van der Waals surface area contributed by atoms with Crippen LogP contribution < -0.4 is 10.6 Å². The van der Waals surface area contributed by atoms with E-state index in [9.17, 15) is 4.79 Å². The maximum atomic E-state index is 12.0. The fourth-order valence-electron chi connectivity index (χ4n) is 2.77. The molecule has 0 unspecified atom stereocenters. The Labute approximate surface area is 127 Å². The molecule has 2 atom stereocenters. The van der Waals surface area contributed by atoms with Crippen LogP contribution in [0.3, 0.4) is 0 Å². The third kappa shape index (κ3) is 4.46. The molecule has 1 saturated heterocycles. The van der Waals surface area contributed by atoms with Crippen LogP contribution in [0, 0.1) is 6.92 Å². The molecule has 21 heavy (non-hydrogen) atoms. The van der Waals surface area contributed by atoms with Gasteiger partial charge in [0.2, 0.25) is 0 Å². The molecule has 2 N–H and O–H groups in total. The van der Waals surface area contributed by atoms with E-state index >= 15 is 0 Å². The molecule has 116 valence electrons. The minimum atomic E-state index is -0.468. The first-order valence-corrected chi connectivity index (χ1v) is 7.65. The molecule has 1 aromatic carbocycles. The van der Waals surface area contributed by atoms with Crippen LogP contribution in [0.25, 0.3) is 0 Å². The van der Waals surface area contributed by atoms with E-state index in [1.54, 1.807) is 0 Å². The van der Waals surface area contributed by atoms with E-state index in [4.69, 9.17) is 4.74 Å². The minimum absolute atomic E-state index is 0.0645. The fraction of sp³-hybridized carbons (Fsp3) is 0.588. The number of rotatable bonds is 2. The van der Waals surface area contributed by atoms with Gasteiger partial charge in [0.25, 0.3) is 0 Å². The third-order valence-corrected chi connectivity index (χ3v) is 3.68. The zero-order valence-electron chi connectivity index (χ0n) is 13.4. The molecule has 2 rings (SSSR count). The van der Waals surface area contributed by atoms with Crippen LogP contribution in [0.2, 0.25) is 0 Å². The zero-order valence-corrected chi connectivity index (χ0v) is 13.4. The number of amides is 1. The Morgan fingerprint density at radius 2 is 2.05 bits per heavy atom. The number of benzene rings is 1. The number of piperidine rings is 1. The molecule has 1 aromatic rings. The van der Waals surface area contributed by atoms with Crippen LogP contribution in [0.5, 0.6) is 0 Å². The maximum absolute atomic E-state index is 12.0. The SMILES string of the molecule is Cc1ccccc1[C@H]1NCCC[C@H]1NC(=O)OC(C)(C)C. The highest BCUT2D eigenvalue weighted by Gasteiger charge is 2.29. The summed E-state index contributed by atoms with van der Waals surface area (Å²) in [5, 5.41) is 6.55. The van der Waals surface area contributed by atoms with Crippen molar-refractivity contribution in [2.75, 3.05) is 6.54 Å². The van der Waals surface area contributed by atoms with E-state index in [0.717, 1.165) is 19.4 Å². The van der Waals surface area contributed by atoms with Gasteiger partial charge in [-0.05, 0) is 58.2 Å². The summed E-state index contributed by atoms with van der Waals surface area (Å²) in [5.41, 5.74) is 2.02. The lowest BCUT2D eigenvalue weighted by Crippen LogP contribution is -2.49. The van der Waals surface area contributed by atoms with Gasteiger partial charge in [-0.2, -0.15) is 0 Å². The number of hydrogen-bond donors (Lipinski definition) is 2. The van der Waals surface area contributed by atoms with Gasteiger partial charge in [0.15, 0.2) is 0 Å². The number of hydrogen-bond acceptors (Lipinski definition) is 3. The normalized spacial score (nSPS) is 22.7. The number of carbonyl (C=O) groups excluding carboxylic acids is 1. The van der Waals surface area contributed by atoms with Crippen molar-refractivity contribution in [2.45, 2.75) is 58.2 Å². The van der Waals surface area contributed by atoms with Crippen LogP contribution in [0.4, 0.5) is 4.79 Å². The van der Waals surface area contributed by atoms with Crippen molar-refractivity contribution in [1.82, 2.24) is 10.6 Å². The molecular formula is C17H26N2O2. The topological polar surface area (TPSA) is 50.4 Å². The smallest absolute Gasteiger partial charge is 0.407 e. The van der Waals surface area contributed by atoms with Crippen LogP contribution >= 0.6 is 0 Å². The van der Waals surface area contributed by atoms with Crippen molar-refractivity contribution in [3.05, 3.63) is 35.4 Å². The summed E-state index contributed by atoms with van der Waals surface area (Å²) in [7, 11) is 0. The van der Waals surface area contributed by atoms with Crippen molar-refractivity contribution < 1.29 is 9.53 Å². The number of ether oxygens (including phenoxy) is 1. The van der Waals surface area contributed by atoms with Gasteiger partial charge in [0.05, 0.1) is 12.1 Å². The highest BCUT2D eigenvalue weighted by molar-refractivity contribution is 5.68. The Morgan fingerprint density at radius 3 is 2.71 bits per heavy atom. The van der Waals surface area contributed by atoms with Crippen LogP contribution in [-0.2, 0) is 4.74 Å². The van der Waals surface area contributed by atoms with Crippen LogP contribution in [-0.4, -0.2) is 24.3 Å². The number of nitrogens with one attached hydrogen (secondary N) is 2. The number of carbonyl (C=O) groups is 1. The van der Waals surface area contributed by atoms with E-state index < -0.39 is 5.60 Å². The lowest BCUT2D eigenvalue weighted by Gasteiger charge is -2.34. The molecule has 0 saturated carbocycles. The third-order valence-electron chi connectivity index (χ3n) is 3.68. The number of aryl methyl sites for hydroxylation is 1. The lowest BCUT2D eigenvalue weighted by molar-refractivity contribution is 0.0481. The summed E-state index contributed by atoms with van der Waals surface area (Å²) < 4.78 is 5.38. The van der Waals surface area contributed by atoms with Crippen molar-refractivity contribution >= 4 is 6.09 Å². The van der Waals surface area contributed by atoms with Gasteiger partial charge < -0.3 is 15.4 Å². The monoisotopic (exact) mass is 290 g/mol. The molecule has 1 aliphatic rings. The average molecular weight is 290 g/mol. The molecule has 1 amide bonds. The molecule has 0 bridgehead atoms. The van der Waals surface area contributed by atoms with Gasteiger partial charge in [0, 0.05) is 0 Å². The zero-order chi connectivity index (χ0) is 15.5. The van der Waals surface area contributed by atoms with E-state index in [1.807, 2.05) is 32.9 Å². The summed E-state index contributed by atoms with van der Waals surface area (Å²) in [6.07, 6.45) is 1.68. The lowest BCUT2D eigenvalue weighted by atomic mass is 9.90. The molecular weight excluding hydrogens is 264 g/mol. The van der Waals surface area contributed by atoms with Crippen LogP contribution in [0.1, 0.15) is 50.8 Å². The van der Waals surface area contributed by atoms with Crippen molar-refractivity contribution in [3.8, 4) is 0 Å². The Morgan fingerprint density at radius 1 is 1.33 bits per heavy atom. The van der Waals surface area contributed by atoms with Gasteiger partial charge in [-0.1, -0.05) is 24.3 Å². The van der Waals surface area contributed by atoms with E-state index in [2.05, 4.69) is 29.7 Å². The van der Waals surface area contributed by atoms with Crippen molar-refractivity contribution in [3.63, 3.8) is 0 Å². The Hall–Kier alpha value is -1.55. The maximum Gasteiger partial charge on any atom is 0.407 e. The predicted octanol–water partition coefficient (Wildman–Crippen LogP) is 3.31. The largest absolute Gasteiger partial charge is 0.444 e. The Kier molecular flexibility index (Phi) is 4.88. The molecule has 1 aliphatic heterocycles. The standard InChI is InChI=1S/C17H26N2O2/c1-12-8-5-6-9-13(12)15-14(10-7-11-18-15)19-16(20)21-17(2,3)4/h5-6,8-9,14-15,18H,7,10-11H2,1-4H3,(H,19,20)/t14-,15-/m1/s1. The Balaban J connectivity index is 2.09. The summed E-state index contributed by atoms with van der Waals surface area (Å²) >= 11 is 0. The highest BCUT2D eigenvalue weighted by Crippen LogP contribution is 2.26. The average Bonchev–Trinajstić information content (AvgIpc) is 2.38. The first-order chi connectivity index (χ1) is 9.87. The first-order valence-electron chi connectivity index (χ1n) is 7.65. The summed E-state index contributed by atoms with van der Waals surface area (Å²) in [6.45, 7) is 8.72. The molecule has 0 radical (unpaired) electrons. The first kappa shape index (κ1) is 15.8. The molecule has 0 aliphatic carbocycles. The van der Waals surface area contributed by atoms with E-state index in [-0.39, 0.29) is 18.2 Å². The van der Waals surface area contributed by atoms with E-state index in [1.165, 1.54) is 11.1 Å². The van der Waals surface area contributed by atoms with Gasteiger partial charge in [-0.3, -0.25) is 0 Å². The van der Waals surface area contributed by atoms with Crippen LogP contribution in [0.15, 0.2) is 24.3 Å². The molecule has 4 nitrogen and oxygen atoms in total. The number of alkyl carbamates (subject to hydrolysis) is 1.